The Bertz CT molecular complexity index is 579. The number of methoxy groups -OCH3 is 1. The Morgan fingerprint density at radius 3 is 3.05 bits per heavy atom. The largest absolute Gasteiger partial charge is 0.497 e. The third kappa shape index (κ3) is 2.56. The number of benzene rings is 1. The van der Waals surface area contributed by atoms with Gasteiger partial charge in [0.15, 0.2) is 0 Å². The molecule has 0 amide bonds. The zero-order valence-electron chi connectivity index (χ0n) is 12.1. The first-order valence-electron chi connectivity index (χ1n) is 7.12. The van der Waals surface area contributed by atoms with Crippen molar-refractivity contribution in [1.82, 2.24) is 14.5 Å². The highest BCUT2D eigenvalue weighted by molar-refractivity contribution is 5.31. The second kappa shape index (κ2) is 5.67. The van der Waals surface area contributed by atoms with Crippen LogP contribution in [0, 0.1) is 0 Å². The van der Waals surface area contributed by atoms with Gasteiger partial charge in [-0.15, -0.1) is 0 Å². The van der Waals surface area contributed by atoms with Crippen molar-refractivity contribution < 1.29 is 4.74 Å². The van der Waals surface area contributed by atoms with E-state index in [0.29, 0.717) is 6.04 Å². The molecule has 1 aliphatic heterocycles. The summed E-state index contributed by atoms with van der Waals surface area (Å²) in [6.07, 6.45) is 6.32. The van der Waals surface area contributed by atoms with E-state index in [9.17, 15) is 0 Å². The first kappa shape index (κ1) is 13.2. The lowest BCUT2D eigenvalue weighted by Gasteiger charge is -2.24. The topological polar surface area (TPSA) is 30.3 Å². The molecule has 4 heteroatoms. The SMILES string of the molecule is COc1cccc([C@H]2CCCN2Cc2nccn2C)c1. The van der Waals surface area contributed by atoms with Crippen molar-refractivity contribution in [3.05, 3.63) is 48.0 Å². The molecule has 0 aliphatic carbocycles. The predicted octanol–water partition coefficient (Wildman–Crippen LogP) is 2.77. The summed E-state index contributed by atoms with van der Waals surface area (Å²) in [7, 11) is 3.78. The number of rotatable bonds is 4. The minimum atomic E-state index is 0.474. The zero-order valence-corrected chi connectivity index (χ0v) is 12.1. The van der Waals surface area contributed by atoms with Crippen LogP contribution in [0.1, 0.15) is 30.3 Å². The summed E-state index contributed by atoms with van der Waals surface area (Å²) in [5.74, 6) is 2.06. The Balaban J connectivity index is 1.79. The quantitative estimate of drug-likeness (QED) is 0.856. The second-order valence-corrected chi connectivity index (χ2v) is 5.36. The molecule has 0 spiro atoms. The predicted molar refractivity (Wildman–Crippen MR) is 78.6 cm³/mol. The number of imidazole rings is 1. The van der Waals surface area contributed by atoms with E-state index >= 15 is 0 Å². The van der Waals surface area contributed by atoms with Gasteiger partial charge in [0.05, 0.1) is 13.7 Å². The first-order chi connectivity index (χ1) is 9.78. The number of aromatic nitrogens is 2. The van der Waals surface area contributed by atoms with Gasteiger partial charge in [-0.1, -0.05) is 12.1 Å². The Kier molecular flexibility index (Phi) is 3.74. The molecular weight excluding hydrogens is 250 g/mol. The van der Waals surface area contributed by atoms with E-state index < -0.39 is 0 Å². The van der Waals surface area contributed by atoms with E-state index in [1.807, 2.05) is 18.5 Å². The molecule has 106 valence electrons. The fourth-order valence-electron chi connectivity index (χ4n) is 2.97. The molecule has 2 heterocycles. The maximum atomic E-state index is 5.34. The summed E-state index contributed by atoms with van der Waals surface area (Å²) in [5, 5.41) is 0. The molecule has 1 atom stereocenters. The van der Waals surface area contributed by atoms with Crippen molar-refractivity contribution in [3.63, 3.8) is 0 Å². The van der Waals surface area contributed by atoms with Gasteiger partial charge in [0, 0.05) is 25.5 Å². The molecule has 1 aliphatic rings. The second-order valence-electron chi connectivity index (χ2n) is 5.36. The van der Waals surface area contributed by atoms with Crippen LogP contribution in [0.25, 0.3) is 0 Å². The van der Waals surface area contributed by atoms with E-state index in [1.165, 1.54) is 18.4 Å². The summed E-state index contributed by atoms with van der Waals surface area (Å²) in [5.41, 5.74) is 1.34. The molecule has 1 aromatic heterocycles. The Morgan fingerprint density at radius 2 is 2.30 bits per heavy atom. The van der Waals surface area contributed by atoms with Crippen LogP contribution in [0.15, 0.2) is 36.7 Å². The molecule has 0 bridgehead atoms. The van der Waals surface area contributed by atoms with Gasteiger partial charge in [-0.25, -0.2) is 4.98 Å². The van der Waals surface area contributed by atoms with Crippen LogP contribution in [-0.4, -0.2) is 28.1 Å². The maximum Gasteiger partial charge on any atom is 0.122 e. The third-order valence-corrected chi connectivity index (χ3v) is 4.11. The molecule has 1 saturated heterocycles. The lowest BCUT2D eigenvalue weighted by Crippen LogP contribution is -2.24. The highest BCUT2D eigenvalue weighted by atomic mass is 16.5. The molecule has 2 aromatic rings. The van der Waals surface area contributed by atoms with Gasteiger partial charge in [0.1, 0.15) is 11.6 Å². The molecule has 1 fully saturated rings. The summed E-state index contributed by atoms with van der Waals surface area (Å²) in [6.45, 7) is 2.04. The van der Waals surface area contributed by atoms with Crippen LogP contribution >= 0.6 is 0 Å². The van der Waals surface area contributed by atoms with Crippen LogP contribution < -0.4 is 4.74 Å². The Labute approximate surface area is 120 Å². The van der Waals surface area contributed by atoms with Gasteiger partial charge in [-0.2, -0.15) is 0 Å². The van der Waals surface area contributed by atoms with Crippen molar-refractivity contribution in [2.75, 3.05) is 13.7 Å². The van der Waals surface area contributed by atoms with Gasteiger partial charge in [0.25, 0.3) is 0 Å². The summed E-state index contributed by atoms with van der Waals surface area (Å²) in [6, 6.07) is 8.90. The fourth-order valence-corrected chi connectivity index (χ4v) is 2.97. The molecule has 0 saturated carbocycles. The van der Waals surface area contributed by atoms with E-state index in [1.54, 1.807) is 7.11 Å². The van der Waals surface area contributed by atoms with E-state index in [0.717, 1.165) is 24.7 Å². The first-order valence-corrected chi connectivity index (χ1v) is 7.12. The molecule has 1 aromatic carbocycles. The Morgan fingerprint density at radius 1 is 1.40 bits per heavy atom. The zero-order chi connectivity index (χ0) is 13.9. The Hall–Kier alpha value is -1.81. The van der Waals surface area contributed by atoms with Gasteiger partial charge >= 0.3 is 0 Å². The molecule has 0 radical (unpaired) electrons. The van der Waals surface area contributed by atoms with Crippen LogP contribution in [0.3, 0.4) is 0 Å². The van der Waals surface area contributed by atoms with Gasteiger partial charge in [0.2, 0.25) is 0 Å². The number of hydrogen-bond donors (Lipinski definition) is 0. The average molecular weight is 271 g/mol. The maximum absolute atomic E-state index is 5.34. The van der Waals surface area contributed by atoms with Crippen LogP contribution in [0.5, 0.6) is 5.75 Å². The van der Waals surface area contributed by atoms with Gasteiger partial charge < -0.3 is 9.30 Å². The van der Waals surface area contributed by atoms with Crippen LogP contribution in [-0.2, 0) is 13.6 Å². The monoisotopic (exact) mass is 271 g/mol. The molecule has 3 rings (SSSR count). The van der Waals surface area contributed by atoms with Crippen molar-refractivity contribution in [1.29, 1.82) is 0 Å². The van der Waals surface area contributed by atoms with Crippen LogP contribution in [0.2, 0.25) is 0 Å². The number of nitrogens with zero attached hydrogens (tertiary/aromatic N) is 3. The minimum Gasteiger partial charge on any atom is -0.497 e. The summed E-state index contributed by atoms with van der Waals surface area (Å²) < 4.78 is 7.44. The fraction of sp³-hybridized carbons (Fsp3) is 0.438. The third-order valence-electron chi connectivity index (χ3n) is 4.11. The van der Waals surface area contributed by atoms with E-state index in [-0.39, 0.29) is 0 Å². The molecule has 20 heavy (non-hydrogen) atoms. The van der Waals surface area contributed by atoms with Crippen molar-refractivity contribution in [2.24, 2.45) is 7.05 Å². The average Bonchev–Trinajstić information content (AvgIpc) is 3.09. The van der Waals surface area contributed by atoms with Gasteiger partial charge in [-0.05, 0) is 37.1 Å². The van der Waals surface area contributed by atoms with Crippen molar-refractivity contribution in [2.45, 2.75) is 25.4 Å². The smallest absolute Gasteiger partial charge is 0.122 e. The highest BCUT2D eigenvalue weighted by Crippen LogP contribution is 2.34. The van der Waals surface area contributed by atoms with Crippen molar-refractivity contribution >= 4 is 0 Å². The van der Waals surface area contributed by atoms with Gasteiger partial charge in [-0.3, -0.25) is 4.90 Å². The number of hydrogen-bond acceptors (Lipinski definition) is 3. The number of likely N-dealkylation sites (tertiary alicyclic amines) is 1. The summed E-state index contributed by atoms with van der Waals surface area (Å²) in [4.78, 5) is 6.95. The number of aryl methyl sites for hydroxylation is 1. The van der Waals surface area contributed by atoms with Crippen LogP contribution in [0.4, 0.5) is 0 Å². The normalized spacial score (nSPS) is 19.4. The lowest BCUT2D eigenvalue weighted by molar-refractivity contribution is 0.239. The minimum absolute atomic E-state index is 0.474. The molecular formula is C16H21N3O. The standard InChI is InChI=1S/C16H21N3O/c1-18-10-8-17-16(18)12-19-9-4-7-15(19)13-5-3-6-14(11-13)20-2/h3,5-6,8,10-11,15H,4,7,9,12H2,1-2H3/t15-/m1/s1. The van der Waals surface area contributed by atoms with Crippen molar-refractivity contribution in [3.8, 4) is 5.75 Å². The lowest BCUT2D eigenvalue weighted by atomic mass is 10.0. The van der Waals surface area contributed by atoms with E-state index in [2.05, 4.69) is 39.7 Å². The van der Waals surface area contributed by atoms with E-state index in [4.69, 9.17) is 4.74 Å². The highest BCUT2D eigenvalue weighted by Gasteiger charge is 2.27. The molecule has 4 nitrogen and oxygen atoms in total. The number of ether oxygens (including phenoxy) is 1. The molecule has 0 N–H and O–H groups in total. The summed E-state index contributed by atoms with van der Waals surface area (Å²) >= 11 is 0. The molecule has 0 unspecified atom stereocenters.